The van der Waals surface area contributed by atoms with Gasteiger partial charge in [-0.25, -0.2) is 0 Å². The molecule has 1 saturated carbocycles. The van der Waals surface area contributed by atoms with Gasteiger partial charge in [0.05, 0.1) is 23.8 Å². The summed E-state index contributed by atoms with van der Waals surface area (Å²) in [5.41, 5.74) is 3.58. The first-order chi connectivity index (χ1) is 16.2. The number of thiophene rings is 1. The van der Waals surface area contributed by atoms with E-state index in [1.54, 1.807) is 17.4 Å². The molecule has 0 spiro atoms. The molecule has 170 valence electrons. The number of hydrogen-bond acceptors (Lipinski definition) is 4. The largest absolute Gasteiger partial charge is 0.349 e. The van der Waals surface area contributed by atoms with Gasteiger partial charge in [0.2, 0.25) is 5.91 Å². The highest BCUT2D eigenvalue weighted by Gasteiger charge is 2.31. The Hall–Kier alpha value is -2.96. The highest BCUT2D eigenvalue weighted by atomic mass is 32.1. The van der Waals surface area contributed by atoms with Crippen molar-refractivity contribution in [3.05, 3.63) is 87.6 Å². The molecule has 5 nitrogen and oxygen atoms in total. The molecule has 2 N–H and O–H groups in total. The Labute approximate surface area is 198 Å². The lowest BCUT2D eigenvalue weighted by molar-refractivity contribution is -0.117. The first-order valence-electron chi connectivity index (χ1n) is 11.7. The van der Waals surface area contributed by atoms with Gasteiger partial charge in [-0.05, 0) is 54.0 Å². The summed E-state index contributed by atoms with van der Waals surface area (Å²) in [6.07, 6.45) is 5.33. The molecule has 2 aromatic carbocycles. The lowest BCUT2D eigenvalue weighted by Crippen LogP contribution is -2.41. The number of hydrogen-bond donors (Lipinski definition) is 2. The number of para-hydroxylation sites is 1. The van der Waals surface area contributed by atoms with Crippen molar-refractivity contribution >= 4 is 28.8 Å². The van der Waals surface area contributed by atoms with Gasteiger partial charge < -0.3 is 10.6 Å². The zero-order chi connectivity index (χ0) is 22.6. The highest BCUT2D eigenvalue weighted by Crippen LogP contribution is 2.37. The van der Waals surface area contributed by atoms with Crippen LogP contribution in [0.15, 0.2) is 66.0 Å². The van der Waals surface area contributed by atoms with Crippen LogP contribution in [-0.4, -0.2) is 35.8 Å². The lowest BCUT2D eigenvalue weighted by atomic mass is 9.93. The molecule has 1 aromatic heterocycles. The molecule has 2 aliphatic rings. The van der Waals surface area contributed by atoms with Crippen molar-refractivity contribution in [2.24, 2.45) is 0 Å². The van der Waals surface area contributed by atoms with Crippen LogP contribution in [0.25, 0.3) is 0 Å². The number of amides is 2. The molecule has 2 heterocycles. The molecule has 1 fully saturated rings. The third kappa shape index (κ3) is 4.87. The van der Waals surface area contributed by atoms with Crippen molar-refractivity contribution in [3.8, 4) is 0 Å². The minimum atomic E-state index is -0.110. The molecule has 3 aromatic rings. The predicted molar refractivity (Wildman–Crippen MR) is 133 cm³/mol. The molecule has 0 radical (unpaired) electrons. The molecule has 0 saturated heterocycles. The summed E-state index contributed by atoms with van der Waals surface area (Å²) in [7, 11) is 0. The summed E-state index contributed by atoms with van der Waals surface area (Å²) >= 11 is 1.79. The van der Waals surface area contributed by atoms with Gasteiger partial charge in [-0.3, -0.25) is 14.5 Å². The van der Waals surface area contributed by atoms with E-state index in [0.717, 1.165) is 38.6 Å². The third-order valence-electron chi connectivity index (χ3n) is 6.66. The summed E-state index contributed by atoms with van der Waals surface area (Å²) in [6.45, 7) is 1.09. The lowest BCUT2D eigenvalue weighted by Gasteiger charge is -2.35. The fraction of sp³-hybridized carbons (Fsp3) is 0.333. The molecule has 0 bridgehead atoms. The van der Waals surface area contributed by atoms with Crippen molar-refractivity contribution in [1.29, 1.82) is 0 Å². The van der Waals surface area contributed by atoms with Crippen LogP contribution in [0.3, 0.4) is 0 Å². The third-order valence-corrected chi connectivity index (χ3v) is 7.66. The Bertz CT molecular complexity index is 1120. The fourth-order valence-corrected chi connectivity index (χ4v) is 5.97. The van der Waals surface area contributed by atoms with Crippen molar-refractivity contribution in [3.63, 3.8) is 0 Å². The second kappa shape index (κ2) is 9.89. The van der Waals surface area contributed by atoms with Crippen molar-refractivity contribution < 1.29 is 9.59 Å². The van der Waals surface area contributed by atoms with Crippen molar-refractivity contribution in [1.82, 2.24) is 10.2 Å². The van der Waals surface area contributed by atoms with E-state index in [1.165, 1.54) is 16.0 Å². The summed E-state index contributed by atoms with van der Waals surface area (Å²) in [4.78, 5) is 29.6. The average Bonchev–Trinajstić information content (AvgIpc) is 3.52. The Morgan fingerprint density at radius 1 is 0.970 bits per heavy atom. The SMILES string of the molecule is O=C(CN1CCc2sccc2C1c1ccccc1)Nc1ccccc1C(=O)NC1CCCC1. The highest BCUT2D eigenvalue weighted by molar-refractivity contribution is 7.10. The van der Waals surface area contributed by atoms with Gasteiger partial charge in [0.15, 0.2) is 0 Å². The smallest absolute Gasteiger partial charge is 0.253 e. The number of benzene rings is 2. The van der Waals surface area contributed by atoms with E-state index in [4.69, 9.17) is 0 Å². The van der Waals surface area contributed by atoms with Crippen LogP contribution in [0, 0.1) is 0 Å². The number of anilines is 1. The van der Waals surface area contributed by atoms with Crippen LogP contribution in [-0.2, 0) is 11.2 Å². The number of nitrogens with zero attached hydrogens (tertiary/aromatic N) is 1. The molecule has 6 heteroatoms. The van der Waals surface area contributed by atoms with Gasteiger partial charge in [-0.2, -0.15) is 0 Å². The molecule has 2 amide bonds. The van der Waals surface area contributed by atoms with Gasteiger partial charge >= 0.3 is 0 Å². The maximum atomic E-state index is 13.1. The first-order valence-corrected chi connectivity index (χ1v) is 12.6. The Morgan fingerprint density at radius 3 is 2.55 bits per heavy atom. The van der Waals surface area contributed by atoms with Crippen LogP contribution >= 0.6 is 11.3 Å². The van der Waals surface area contributed by atoms with Gasteiger partial charge in [-0.15, -0.1) is 11.3 Å². The molecule has 1 unspecified atom stereocenters. The van der Waals surface area contributed by atoms with Crippen LogP contribution in [0.5, 0.6) is 0 Å². The number of fused-ring (bicyclic) bond motifs is 1. The number of rotatable bonds is 6. The van der Waals surface area contributed by atoms with E-state index in [9.17, 15) is 9.59 Å². The second-order valence-corrected chi connectivity index (χ2v) is 9.88. The van der Waals surface area contributed by atoms with E-state index in [0.29, 0.717) is 11.3 Å². The standard InChI is InChI=1S/C27H29N3O2S/c31-25(29-23-13-7-6-12-21(23)27(32)28-20-10-4-5-11-20)18-30-16-14-24-22(15-17-33-24)26(30)19-8-2-1-3-9-19/h1-3,6-9,12-13,15,17,20,26H,4-5,10-11,14,16,18H2,(H,28,32)(H,29,31). The quantitative estimate of drug-likeness (QED) is 0.545. The topological polar surface area (TPSA) is 61.4 Å². The number of carbonyl (C=O) groups excluding carboxylic acids is 2. The minimum absolute atomic E-state index is 0.0628. The van der Waals surface area contributed by atoms with Crippen LogP contribution in [0.4, 0.5) is 5.69 Å². The van der Waals surface area contributed by atoms with E-state index < -0.39 is 0 Å². The minimum Gasteiger partial charge on any atom is -0.349 e. The predicted octanol–water partition coefficient (Wildman–Crippen LogP) is 5.01. The molecule has 33 heavy (non-hydrogen) atoms. The molecule has 1 aliphatic carbocycles. The maximum Gasteiger partial charge on any atom is 0.253 e. The zero-order valence-electron chi connectivity index (χ0n) is 18.6. The Morgan fingerprint density at radius 2 is 1.73 bits per heavy atom. The Balaban J connectivity index is 1.31. The molecule has 1 aliphatic heterocycles. The van der Waals surface area contributed by atoms with Crippen LogP contribution < -0.4 is 10.6 Å². The average molecular weight is 460 g/mol. The maximum absolute atomic E-state index is 13.1. The molecular formula is C27H29N3O2S. The molecule has 5 rings (SSSR count). The monoisotopic (exact) mass is 459 g/mol. The van der Waals surface area contributed by atoms with E-state index >= 15 is 0 Å². The summed E-state index contributed by atoms with van der Waals surface area (Å²) < 4.78 is 0. The zero-order valence-corrected chi connectivity index (χ0v) is 19.4. The van der Waals surface area contributed by atoms with Crippen molar-refractivity contribution in [2.45, 2.75) is 44.2 Å². The number of nitrogens with one attached hydrogen (secondary N) is 2. The van der Waals surface area contributed by atoms with Gasteiger partial charge in [-0.1, -0.05) is 55.3 Å². The summed E-state index contributed by atoms with van der Waals surface area (Å²) in [5.74, 6) is -0.212. The van der Waals surface area contributed by atoms with Crippen LogP contribution in [0.1, 0.15) is 58.1 Å². The van der Waals surface area contributed by atoms with Crippen LogP contribution in [0.2, 0.25) is 0 Å². The van der Waals surface area contributed by atoms with E-state index in [-0.39, 0.29) is 30.4 Å². The number of carbonyl (C=O) groups is 2. The van der Waals surface area contributed by atoms with E-state index in [1.807, 2.05) is 36.4 Å². The fourth-order valence-electron chi connectivity index (χ4n) is 5.06. The first kappa shape index (κ1) is 21.9. The van der Waals surface area contributed by atoms with Crippen molar-refractivity contribution in [2.75, 3.05) is 18.4 Å². The summed E-state index contributed by atoms with van der Waals surface area (Å²) in [5, 5.41) is 8.28. The van der Waals surface area contributed by atoms with Gasteiger partial charge in [0, 0.05) is 17.5 Å². The van der Waals surface area contributed by atoms with Gasteiger partial charge in [0.1, 0.15) is 0 Å². The normalized spacial score (nSPS) is 18.6. The van der Waals surface area contributed by atoms with Gasteiger partial charge in [0.25, 0.3) is 5.91 Å². The summed E-state index contributed by atoms with van der Waals surface area (Å²) in [6, 6.07) is 20.1. The molecule has 1 atom stereocenters. The Kier molecular flexibility index (Phi) is 6.55. The van der Waals surface area contributed by atoms with E-state index in [2.05, 4.69) is 39.1 Å². The second-order valence-electron chi connectivity index (χ2n) is 8.88. The molecular weight excluding hydrogens is 430 g/mol.